The summed E-state index contributed by atoms with van der Waals surface area (Å²) in [4.78, 5) is 0. The molecule has 0 fully saturated rings. The van der Waals surface area contributed by atoms with E-state index < -0.39 is 0 Å². The van der Waals surface area contributed by atoms with Crippen molar-refractivity contribution in [1.82, 2.24) is 4.57 Å². The first-order chi connectivity index (χ1) is 12.7. The molecule has 2 heterocycles. The Balaban J connectivity index is 1.53. The van der Waals surface area contributed by atoms with Crippen molar-refractivity contribution in [2.45, 2.75) is 0 Å². The van der Waals surface area contributed by atoms with Gasteiger partial charge in [-0.25, -0.2) is 0 Å². The quantitative estimate of drug-likeness (QED) is 0.309. The number of pyridine rings is 1. The molecule has 3 nitrogen and oxygen atoms in total. The second-order valence-electron chi connectivity index (χ2n) is 6.25. The van der Waals surface area contributed by atoms with E-state index in [4.69, 9.17) is 0 Å². The van der Waals surface area contributed by atoms with Crippen LogP contribution in [0, 0.1) is 3.83 Å². The van der Waals surface area contributed by atoms with Gasteiger partial charge >= 0.3 is 165 Å². The second kappa shape index (κ2) is 7.41. The Morgan fingerprint density at radius 2 is 1.23 bits per heavy atom. The first-order valence-electron chi connectivity index (χ1n) is 8.54. The van der Waals surface area contributed by atoms with Crippen LogP contribution in [0.15, 0.2) is 91.5 Å². The summed E-state index contributed by atoms with van der Waals surface area (Å²) in [6.07, 6.45) is 8.61. The minimum atomic E-state index is -0.254. The topological polar surface area (TPSA) is 12.7 Å². The van der Waals surface area contributed by atoms with Gasteiger partial charge in [0.25, 0.3) is 0 Å². The van der Waals surface area contributed by atoms with E-state index in [-0.39, 0.29) is 21.5 Å². The first-order valence-corrected chi connectivity index (χ1v) is 10.6. The van der Waals surface area contributed by atoms with Crippen LogP contribution >= 0.6 is 0 Å². The molecule has 0 atom stereocenters. The SMILES string of the molecule is Cn1cc[n+](C)c1[I-][n+]1ccc(-c2ccc(-c3ccccc3)cc2)cc1. The summed E-state index contributed by atoms with van der Waals surface area (Å²) in [5.74, 6) is 0. The Hall–Kier alpha value is -2.47. The first kappa shape index (κ1) is 17.0. The van der Waals surface area contributed by atoms with E-state index in [2.05, 4.69) is 118 Å². The van der Waals surface area contributed by atoms with Crippen LogP contribution in [0.4, 0.5) is 0 Å². The summed E-state index contributed by atoms with van der Waals surface area (Å²) in [6.45, 7) is 0. The summed E-state index contributed by atoms with van der Waals surface area (Å²) < 4.78 is 8.09. The van der Waals surface area contributed by atoms with Crippen LogP contribution in [0.1, 0.15) is 0 Å². The molecule has 0 N–H and O–H groups in total. The fraction of sp³-hybridized carbons (Fsp3) is 0.0909. The van der Waals surface area contributed by atoms with Gasteiger partial charge in [-0.2, -0.15) is 0 Å². The molecule has 0 saturated heterocycles. The van der Waals surface area contributed by atoms with Gasteiger partial charge in [0.1, 0.15) is 0 Å². The third-order valence-electron chi connectivity index (χ3n) is 4.39. The van der Waals surface area contributed by atoms with E-state index in [9.17, 15) is 0 Å². The van der Waals surface area contributed by atoms with Crippen molar-refractivity contribution >= 4 is 0 Å². The number of aryl methyl sites for hydroxylation is 2. The van der Waals surface area contributed by atoms with Crippen LogP contribution in [0.3, 0.4) is 0 Å². The van der Waals surface area contributed by atoms with Gasteiger partial charge < -0.3 is 0 Å². The molecule has 0 spiro atoms. The molecular formula is C22H21IN3+. The molecule has 0 aliphatic carbocycles. The summed E-state index contributed by atoms with van der Waals surface area (Å²) in [6, 6.07) is 23.7. The maximum absolute atomic E-state index is 2.32. The Morgan fingerprint density at radius 1 is 0.692 bits per heavy atom. The third kappa shape index (κ3) is 3.55. The zero-order valence-corrected chi connectivity index (χ0v) is 17.0. The molecule has 0 bridgehead atoms. The predicted octanol–water partition coefficient (Wildman–Crippen LogP) is 0.193. The molecule has 0 unspecified atom stereocenters. The zero-order valence-electron chi connectivity index (χ0n) is 14.9. The minimum absolute atomic E-state index is 0.254. The average Bonchev–Trinajstić information content (AvgIpc) is 3.01. The van der Waals surface area contributed by atoms with Gasteiger partial charge in [0.05, 0.1) is 0 Å². The summed E-state index contributed by atoms with van der Waals surface area (Å²) in [5.41, 5.74) is 5.01. The molecule has 0 amide bonds. The molecule has 2 aromatic carbocycles. The predicted molar refractivity (Wildman–Crippen MR) is 98.2 cm³/mol. The van der Waals surface area contributed by atoms with Gasteiger partial charge in [0, 0.05) is 0 Å². The number of hydrogen-bond acceptors (Lipinski definition) is 0. The van der Waals surface area contributed by atoms with Crippen LogP contribution in [0.2, 0.25) is 0 Å². The number of benzene rings is 2. The van der Waals surface area contributed by atoms with Gasteiger partial charge in [-0.3, -0.25) is 0 Å². The van der Waals surface area contributed by atoms with E-state index in [1.165, 1.54) is 26.1 Å². The molecule has 26 heavy (non-hydrogen) atoms. The Kier molecular flexibility index (Phi) is 4.84. The molecule has 0 aliphatic heterocycles. The van der Waals surface area contributed by atoms with Crippen molar-refractivity contribution in [2.24, 2.45) is 14.1 Å². The number of halogens is 1. The van der Waals surface area contributed by atoms with Crippen molar-refractivity contribution in [2.75, 3.05) is 0 Å². The van der Waals surface area contributed by atoms with Crippen LogP contribution < -0.4 is 28.8 Å². The molecule has 0 radical (unpaired) electrons. The zero-order chi connectivity index (χ0) is 17.9. The van der Waals surface area contributed by atoms with Gasteiger partial charge in [-0.15, -0.1) is 0 Å². The van der Waals surface area contributed by atoms with Crippen molar-refractivity contribution in [3.8, 4) is 22.3 Å². The maximum atomic E-state index is 2.32. The van der Waals surface area contributed by atoms with Crippen molar-refractivity contribution in [3.63, 3.8) is 0 Å². The summed E-state index contributed by atoms with van der Waals surface area (Å²) in [7, 11) is 4.22. The summed E-state index contributed by atoms with van der Waals surface area (Å²) >= 11 is -0.254. The number of hydrogen-bond donors (Lipinski definition) is 0. The van der Waals surface area contributed by atoms with Crippen molar-refractivity contribution < 1.29 is 28.8 Å². The molecule has 4 heteroatoms. The van der Waals surface area contributed by atoms with E-state index >= 15 is 0 Å². The molecular weight excluding hydrogens is 433 g/mol. The Labute approximate surface area is 164 Å². The molecule has 4 aromatic rings. The van der Waals surface area contributed by atoms with Crippen molar-refractivity contribution in [3.05, 3.63) is 95.3 Å². The van der Waals surface area contributed by atoms with E-state index in [1.807, 2.05) is 0 Å². The molecule has 2 aromatic heterocycles. The Bertz CT molecular complexity index is 984. The van der Waals surface area contributed by atoms with E-state index in [0.29, 0.717) is 0 Å². The van der Waals surface area contributed by atoms with Gasteiger partial charge in [0.2, 0.25) is 0 Å². The standard InChI is InChI=1S/C22H21IN3/c1-24-16-17-25(2)22(24)23-26-14-12-21(13-15-26)20-10-8-19(9-11-20)18-6-4-3-5-7-18/h3-17H,1-2H3/q+1. The fourth-order valence-corrected chi connectivity index (χ4v) is 5.06. The molecule has 4 rings (SSSR count). The molecule has 0 aliphatic rings. The van der Waals surface area contributed by atoms with Crippen LogP contribution in [0.5, 0.6) is 0 Å². The number of imidazole rings is 1. The monoisotopic (exact) mass is 454 g/mol. The molecule has 130 valence electrons. The average molecular weight is 454 g/mol. The third-order valence-corrected chi connectivity index (χ3v) is 7.54. The summed E-state index contributed by atoms with van der Waals surface area (Å²) in [5, 5.41) is 0. The normalized spacial score (nSPS) is 11.0. The van der Waals surface area contributed by atoms with Crippen LogP contribution in [-0.2, 0) is 14.1 Å². The second-order valence-corrected chi connectivity index (χ2v) is 8.81. The number of nitrogens with zero attached hydrogens (tertiary/aromatic N) is 3. The van der Waals surface area contributed by atoms with Crippen molar-refractivity contribution in [1.29, 1.82) is 0 Å². The fourth-order valence-electron chi connectivity index (χ4n) is 2.92. The van der Waals surface area contributed by atoms with E-state index in [0.717, 1.165) is 0 Å². The van der Waals surface area contributed by atoms with Gasteiger partial charge in [-0.1, -0.05) is 0 Å². The van der Waals surface area contributed by atoms with Crippen LogP contribution in [-0.4, -0.2) is 4.57 Å². The van der Waals surface area contributed by atoms with Gasteiger partial charge in [0.15, 0.2) is 0 Å². The number of rotatable bonds is 4. The van der Waals surface area contributed by atoms with Crippen LogP contribution in [0.25, 0.3) is 22.3 Å². The van der Waals surface area contributed by atoms with Gasteiger partial charge in [-0.05, 0) is 0 Å². The number of aromatic nitrogens is 3. The molecule has 0 saturated carbocycles. The van der Waals surface area contributed by atoms with E-state index in [1.54, 1.807) is 0 Å². The Morgan fingerprint density at radius 3 is 1.77 bits per heavy atom.